The average molecular weight is 333 g/mol. The van der Waals surface area contributed by atoms with Gasteiger partial charge in [-0.25, -0.2) is 0 Å². The van der Waals surface area contributed by atoms with Crippen LogP contribution in [0.15, 0.2) is 30.3 Å². The van der Waals surface area contributed by atoms with Gasteiger partial charge in [-0.15, -0.1) is 0 Å². The van der Waals surface area contributed by atoms with Gasteiger partial charge in [0.05, 0.1) is 14.7 Å². The van der Waals surface area contributed by atoms with E-state index in [1.807, 2.05) is 6.07 Å². The molecule has 0 aliphatic carbocycles. The molecule has 1 rings (SSSR count). The maximum atomic E-state index is 9.81. The first-order chi connectivity index (χ1) is 10.7. The van der Waals surface area contributed by atoms with Crippen LogP contribution in [0.2, 0.25) is 23.7 Å². The molecule has 0 saturated carbocycles. The van der Waals surface area contributed by atoms with E-state index in [2.05, 4.69) is 70.0 Å². The van der Waals surface area contributed by atoms with Crippen LogP contribution in [0.3, 0.4) is 0 Å². The summed E-state index contributed by atoms with van der Waals surface area (Å²) in [5.74, 6) is 6.61. The lowest BCUT2D eigenvalue weighted by atomic mass is 10.1. The second-order valence-corrected chi connectivity index (χ2v) is 13.4. The molecule has 1 aromatic carbocycles. The third-order valence-corrected chi connectivity index (χ3v) is 11.2. The van der Waals surface area contributed by atoms with Gasteiger partial charge in [0.1, 0.15) is 6.10 Å². The minimum absolute atomic E-state index is 0.0750. The summed E-state index contributed by atoms with van der Waals surface area (Å²) in [5, 5.41) is 10.0. The number of rotatable bonds is 6. The minimum atomic E-state index is -1.68. The summed E-state index contributed by atoms with van der Waals surface area (Å²) in [4.78, 5) is 0. The minimum Gasteiger partial charge on any atom is -0.395 e. The lowest BCUT2D eigenvalue weighted by Crippen LogP contribution is -2.43. The third kappa shape index (κ3) is 5.80. The summed E-state index contributed by atoms with van der Waals surface area (Å²) in [6, 6.07) is 10.4. The van der Waals surface area contributed by atoms with Gasteiger partial charge in [0.25, 0.3) is 0 Å². The Kier molecular flexibility index (Phi) is 7.53. The first-order valence-electron chi connectivity index (χ1n) is 8.41. The third-order valence-electron chi connectivity index (χ3n) is 5.23. The molecule has 2 atom stereocenters. The van der Waals surface area contributed by atoms with E-state index >= 15 is 0 Å². The molecule has 2 nitrogen and oxygen atoms in total. The van der Waals surface area contributed by atoms with Crippen LogP contribution in [-0.2, 0) is 11.2 Å². The number of benzene rings is 1. The lowest BCUT2D eigenvalue weighted by Gasteiger charge is -2.40. The van der Waals surface area contributed by atoms with Crippen molar-refractivity contribution in [2.45, 2.75) is 63.4 Å². The smallest absolute Gasteiger partial charge is 0.118 e. The van der Waals surface area contributed by atoms with Crippen molar-refractivity contribution in [2.24, 2.45) is 0 Å². The van der Waals surface area contributed by atoms with E-state index in [4.69, 9.17) is 4.74 Å². The van der Waals surface area contributed by atoms with Gasteiger partial charge in [-0.2, -0.15) is 0 Å². The average Bonchev–Trinajstić information content (AvgIpc) is 2.50. The van der Waals surface area contributed by atoms with Crippen molar-refractivity contribution >= 4 is 8.07 Å². The maximum absolute atomic E-state index is 9.81. The number of aliphatic hydroxyl groups is 1. The van der Waals surface area contributed by atoms with Gasteiger partial charge in [0.2, 0.25) is 0 Å². The maximum Gasteiger partial charge on any atom is 0.118 e. The second kappa shape index (κ2) is 8.68. The molecule has 23 heavy (non-hydrogen) atoms. The highest BCUT2D eigenvalue weighted by atomic mass is 28.3. The van der Waals surface area contributed by atoms with Crippen LogP contribution >= 0.6 is 0 Å². The lowest BCUT2D eigenvalue weighted by molar-refractivity contribution is 0.141. The van der Waals surface area contributed by atoms with Crippen LogP contribution in [0.1, 0.15) is 32.8 Å². The van der Waals surface area contributed by atoms with Crippen molar-refractivity contribution in [3.05, 3.63) is 35.9 Å². The van der Waals surface area contributed by atoms with Crippen molar-refractivity contribution in [3.63, 3.8) is 0 Å². The summed E-state index contributed by atoms with van der Waals surface area (Å²) in [6.45, 7) is 11.5. The Hall–Kier alpha value is -1.08. The van der Waals surface area contributed by atoms with Gasteiger partial charge < -0.3 is 9.84 Å². The highest BCUT2D eigenvalue weighted by Gasteiger charge is 2.41. The summed E-state index contributed by atoms with van der Waals surface area (Å²) >= 11 is 0. The molecule has 1 N–H and O–H groups in total. The molecule has 1 aromatic rings. The van der Waals surface area contributed by atoms with E-state index in [-0.39, 0.29) is 23.3 Å². The zero-order valence-corrected chi connectivity index (χ0v) is 16.5. The molecule has 0 heterocycles. The topological polar surface area (TPSA) is 29.5 Å². The predicted molar refractivity (Wildman–Crippen MR) is 101 cm³/mol. The SMILES string of the molecule is COC(C#CC(CO)[Si](C)(C)C(C)(C)C)CCc1ccccc1. The molecule has 0 amide bonds. The van der Waals surface area contributed by atoms with E-state index in [1.54, 1.807) is 7.11 Å². The van der Waals surface area contributed by atoms with E-state index in [1.165, 1.54) is 5.56 Å². The molecule has 0 aromatic heterocycles. The number of ether oxygens (including phenoxy) is 1. The Morgan fingerprint density at radius 2 is 1.74 bits per heavy atom. The summed E-state index contributed by atoms with van der Waals surface area (Å²) in [6.07, 6.45) is 1.76. The fourth-order valence-corrected chi connectivity index (χ4v) is 4.31. The van der Waals surface area contributed by atoms with Gasteiger partial charge in [-0.1, -0.05) is 76.0 Å². The molecule has 0 saturated heterocycles. The Morgan fingerprint density at radius 1 is 1.13 bits per heavy atom. The molecular formula is C20H32O2Si. The molecule has 0 aliphatic heterocycles. The Bertz CT molecular complexity index is 520. The fourth-order valence-electron chi connectivity index (χ4n) is 2.36. The van der Waals surface area contributed by atoms with Crippen molar-refractivity contribution in [3.8, 4) is 11.8 Å². The van der Waals surface area contributed by atoms with E-state index in [0.29, 0.717) is 0 Å². The molecule has 128 valence electrons. The van der Waals surface area contributed by atoms with Crippen LogP contribution in [0.5, 0.6) is 0 Å². The van der Waals surface area contributed by atoms with Crippen LogP contribution in [0.25, 0.3) is 0 Å². The Balaban J connectivity index is 2.76. The fraction of sp³-hybridized carbons (Fsp3) is 0.600. The molecule has 0 bridgehead atoms. The van der Waals surface area contributed by atoms with Crippen molar-refractivity contribution in [2.75, 3.05) is 13.7 Å². The van der Waals surface area contributed by atoms with E-state index < -0.39 is 8.07 Å². The van der Waals surface area contributed by atoms with Crippen molar-refractivity contribution in [1.82, 2.24) is 0 Å². The van der Waals surface area contributed by atoms with Crippen molar-refractivity contribution < 1.29 is 9.84 Å². The predicted octanol–water partition coefficient (Wildman–Crippen LogP) is 4.51. The quantitative estimate of drug-likeness (QED) is 0.613. The number of aryl methyl sites for hydroxylation is 1. The number of methoxy groups -OCH3 is 1. The second-order valence-electron chi connectivity index (χ2n) is 7.74. The first-order valence-corrected chi connectivity index (χ1v) is 11.5. The molecule has 0 aliphatic rings. The van der Waals surface area contributed by atoms with Crippen molar-refractivity contribution in [1.29, 1.82) is 0 Å². The summed E-state index contributed by atoms with van der Waals surface area (Å²) in [5.41, 5.74) is 1.39. The Labute approximate surface area is 143 Å². The monoisotopic (exact) mass is 332 g/mol. The summed E-state index contributed by atoms with van der Waals surface area (Å²) in [7, 11) is 0.0329. The first kappa shape index (κ1) is 20.0. The molecule has 3 heteroatoms. The zero-order chi connectivity index (χ0) is 17.5. The van der Waals surface area contributed by atoms with Gasteiger partial charge in [0.15, 0.2) is 0 Å². The molecule has 0 spiro atoms. The van der Waals surface area contributed by atoms with Crippen LogP contribution in [0, 0.1) is 11.8 Å². The van der Waals surface area contributed by atoms with Gasteiger partial charge in [0, 0.05) is 12.7 Å². The standard InChI is InChI=1S/C20H32O2Si/c1-20(2,3)23(5,6)19(16-21)15-14-18(22-4)13-12-17-10-8-7-9-11-17/h7-11,18-19,21H,12-13,16H2,1-6H3. The molecular weight excluding hydrogens is 300 g/mol. The largest absolute Gasteiger partial charge is 0.395 e. The highest BCUT2D eigenvalue weighted by molar-refractivity contribution is 6.82. The molecule has 2 unspecified atom stereocenters. The van der Waals surface area contributed by atoms with Crippen LogP contribution in [0.4, 0.5) is 0 Å². The summed E-state index contributed by atoms with van der Waals surface area (Å²) < 4.78 is 5.53. The highest BCUT2D eigenvalue weighted by Crippen LogP contribution is 2.43. The normalized spacial score (nSPS) is 14.7. The molecule has 0 radical (unpaired) electrons. The number of hydrogen-bond acceptors (Lipinski definition) is 2. The zero-order valence-electron chi connectivity index (χ0n) is 15.5. The number of aliphatic hydroxyl groups excluding tert-OH is 1. The molecule has 0 fully saturated rings. The van der Waals surface area contributed by atoms with Gasteiger partial charge in [-0.3, -0.25) is 0 Å². The van der Waals surface area contributed by atoms with E-state index in [9.17, 15) is 5.11 Å². The van der Waals surface area contributed by atoms with E-state index in [0.717, 1.165) is 12.8 Å². The number of hydrogen-bond donors (Lipinski definition) is 1. The van der Waals surface area contributed by atoms with Crippen LogP contribution < -0.4 is 0 Å². The van der Waals surface area contributed by atoms with Gasteiger partial charge >= 0.3 is 0 Å². The van der Waals surface area contributed by atoms with Gasteiger partial charge in [-0.05, 0) is 23.4 Å². The van der Waals surface area contributed by atoms with Crippen LogP contribution in [-0.4, -0.2) is 33.0 Å². The Morgan fingerprint density at radius 3 is 2.22 bits per heavy atom.